The molecule has 1 heterocycles. The number of rotatable bonds is 9. The van der Waals surface area contributed by atoms with Crippen LogP contribution in [0.4, 0.5) is 10.1 Å². The lowest BCUT2D eigenvalue weighted by atomic mass is 10.1. The number of anilines is 1. The van der Waals surface area contributed by atoms with Gasteiger partial charge in [0, 0.05) is 24.0 Å². The quantitative estimate of drug-likeness (QED) is 0.517. The Labute approximate surface area is 198 Å². The third-order valence-electron chi connectivity index (χ3n) is 6.14. The molecule has 0 spiro atoms. The summed E-state index contributed by atoms with van der Waals surface area (Å²) in [6.07, 6.45) is 1.19. The fourth-order valence-corrected chi connectivity index (χ4v) is 4.43. The van der Waals surface area contributed by atoms with Crippen LogP contribution in [0.2, 0.25) is 0 Å². The first-order chi connectivity index (χ1) is 16.4. The Morgan fingerprint density at radius 3 is 2.41 bits per heavy atom. The molecule has 176 valence electrons. The van der Waals surface area contributed by atoms with Crippen molar-refractivity contribution in [2.75, 3.05) is 18.0 Å². The molecule has 0 unspecified atom stereocenters. The van der Waals surface area contributed by atoms with Crippen LogP contribution in [-0.4, -0.2) is 41.8 Å². The van der Waals surface area contributed by atoms with Crippen LogP contribution in [0.25, 0.3) is 10.8 Å². The molecule has 0 fully saturated rings. The van der Waals surface area contributed by atoms with Crippen LogP contribution in [0, 0.1) is 5.82 Å². The maximum atomic E-state index is 13.6. The smallest absolute Gasteiger partial charge is 0.259 e. The van der Waals surface area contributed by atoms with Crippen molar-refractivity contribution in [1.82, 2.24) is 10.2 Å². The van der Waals surface area contributed by atoms with Gasteiger partial charge in [0.15, 0.2) is 0 Å². The van der Waals surface area contributed by atoms with Gasteiger partial charge in [0.25, 0.3) is 5.91 Å². The summed E-state index contributed by atoms with van der Waals surface area (Å²) in [5, 5.41) is 4.64. The molecule has 1 N–H and O–H groups in total. The highest BCUT2D eigenvalue weighted by molar-refractivity contribution is 6.26. The predicted octanol–water partition coefficient (Wildman–Crippen LogP) is 4.27. The summed E-state index contributed by atoms with van der Waals surface area (Å²) in [5.74, 6) is -1.19. The van der Waals surface area contributed by atoms with Crippen molar-refractivity contribution in [2.45, 2.75) is 39.3 Å². The predicted molar refractivity (Wildman–Crippen MR) is 130 cm³/mol. The molecule has 6 nitrogen and oxygen atoms in total. The van der Waals surface area contributed by atoms with Crippen LogP contribution in [0.5, 0.6) is 0 Å². The van der Waals surface area contributed by atoms with Crippen LogP contribution >= 0.6 is 0 Å². The number of carbonyl (C=O) groups excluding carboxylic acids is 3. The Hall–Kier alpha value is -3.74. The number of halogens is 1. The summed E-state index contributed by atoms with van der Waals surface area (Å²) in [6, 6.07) is 16.3. The fourth-order valence-electron chi connectivity index (χ4n) is 4.43. The number of nitrogens with zero attached hydrogens (tertiary/aromatic N) is 2. The Morgan fingerprint density at radius 2 is 1.74 bits per heavy atom. The molecular weight excluding hydrogens is 433 g/mol. The highest BCUT2D eigenvalue weighted by atomic mass is 19.1. The normalized spacial score (nSPS) is 13.3. The van der Waals surface area contributed by atoms with E-state index in [-0.39, 0.29) is 36.6 Å². The molecular formula is C27H28FN3O3. The molecule has 0 saturated carbocycles. The van der Waals surface area contributed by atoms with Crippen molar-refractivity contribution in [2.24, 2.45) is 0 Å². The average molecular weight is 462 g/mol. The highest BCUT2D eigenvalue weighted by Crippen LogP contribution is 2.37. The fraction of sp³-hybridized carbons (Fsp3) is 0.296. The Kier molecular flexibility index (Phi) is 6.91. The molecule has 0 radical (unpaired) electrons. The van der Waals surface area contributed by atoms with E-state index < -0.39 is 6.04 Å². The molecule has 34 heavy (non-hydrogen) atoms. The van der Waals surface area contributed by atoms with E-state index in [0.29, 0.717) is 29.8 Å². The molecule has 1 aliphatic rings. The highest BCUT2D eigenvalue weighted by Gasteiger charge is 2.35. The van der Waals surface area contributed by atoms with E-state index in [2.05, 4.69) is 5.32 Å². The van der Waals surface area contributed by atoms with Gasteiger partial charge in [-0.25, -0.2) is 4.39 Å². The second-order valence-corrected chi connectivity index (χ2v) is 8.44. The molecule has 0 saturated heterocycles. The number of amides is 3. The molecule has 4 rings (SSSR count). The first-order valence-corrected chi connectivity index (χ1v) is 11.6. The lowest BCUT2D eigenvalue weighted by molar-refractivity contribution is -0.140. The standard InChI is InChI=1S/C27H28FN3O3/c1-3-15-29-26(33)22(4-2)30(16-18-11-13-20(28)14-12-18)24(32)17-31-23-10-6-8-19-7-5-9-21(25(19)23)27(31)34/h5-14,22H,3-4,15-17H2,1-2H3,(H,29,33)/t22-/m0/s1. The van der Waals surface area contributed by atoms with E-state index >= 15 is 0 Å². The van der Waals surface area contributed by atoms with E-state index in [1.165, 1.54) is 21.9 Å². The number of hydrogen-bond donors (Lipinski definition) is 1. The lowest BCUT2D eigenvalue weighted by Gasteiger charge is -2.32. The third-order valence-corrected chi connectivity index (χ3v) is 6.14. The minimum atomic E-state index is -0.708. The first kappa shape index (κ1) is 23.4. The van der Waals surface area contributed by atoms with E-state index in [0.717, 1.165) is 17.2 Å². The SMILES string of the molecule is CCCNC(=O)[C@H](CC)N(Cc1ccc(F)cc1)C(=O)CN1C(=O)c2cccc3cccc1c23. The van der Waals surface area contributed by atoms with E-state index in [9.17, 15) is 18.8 Å². The van der Waals surface area contributed by atoms with Crippen molar-refractivity contribution >= 4 is 34.2 Å². The third kappa shape index (κ3) is 4.51. The van der Waals surface area contributed by atoms with Crippen LogP contribution in [0.15, 0.2) is 60.7 Å². The molecule has 1 atom stereocenters. The zero-order valence-electron chi connectivity index (χ0n) is 19.4. The summed E-state index contributed by atoms with van der Waals surface area (Å²) in [5.41, 5.74) is 1.96. The number of carbonyl (C=O) groups is 3. The molecule has 0 aliphatic carbocycles. The van der Waals surface area contributed by atoms with Crippen LogP contribution in [0.3, 0.4) is 0 Å². The molecule has 3 amide bonds. The molecule has 1 aliphatic heterocycles. The summed E-state index contributed by atoms with van der Waals surface area (Å²) in [6.45, 7) is 4.26. The van der Waals surface area contributed by atoms with Gasteiger partial charge in [-0.05, 0) is 48.1 Å². The van der Waals surface area contributed by atoms with Crippen molar-refractivity contribution in [1.29, 1.82) is 0 Å². The summed E-state index contributed by atoms with van der Waals surface area (Å²) in [4.78, 5) is 42.7. The largest absolute Gasteiger partial charge is 0.354 e. The van der Waals surface area contributed by atoms with Gasteiger partial charge in [0.1, 0.15) is 18.4 Å². The molecule has 0 aromatic heterocycles. The lowest BCUT2D eigenvalue weighted by Crippen LogP contribution is -2.52. The van der Waals surface area contributed by atoms with Crippen molar-refractivity contribution in [3.8, 4) is 0 Å². The Morgan fingerprint density at radius 1 is 1.03 bits per heavy atom. The maximum absolute atomic E-state index is 13.6. The van der Waals surface area contributed by atoms with E-state index in [1.54, 1.807) is 18.2 Å². The van der Waals surface area contributed by atoms with Crippen LogP contribution < -0.4 is 10.2 Å². The number of nitrogens with one attached hydrogen (secondary N) is 1. The van der Waals surface area contributed by atoms with Crippen LogP contribution in [-0.2, 0) is 16.1 Å². The van der Waals surface area contributed by atoms with Gasteiger partial charge in [-0.15, -0.1) is 0 Å². The van der Waals surface area contributed by atoms with Gasteiger partial charge in [-0.2, -0.15) is 0 Å². The van der Waals surface area contributed by atoms with Crippen LogP contribution in [0.1, 0.15) is 42.6 Å². The zero-order chi connectivity index (χ0) is 24.2. The monoisotopic (exact) mass is 461 g/mol. The minimum absolute atomic E-state index is 0.135. The summed E-state index contributed by atoms with van der Waals surface area (Å²) < 4.78 is 13.4. The van der Waals surface area contributed by atoms with Gasteiger partial charge in [-0.3, -0.25) is 19.3 Å². The average Bonchev–Trinajstić information content (AvgIpc) is 3.11. The molecule has 3 aromatic rings. The van der Waals surface area contributed by atoms with Crippen molar-refractivity contribution in [3.05, 3.63) is 77.6 Å². The van der Waals surface area contributed by atoms with Gasteiger partial charge in [-0.1, -0.05) is 50.2 Å². The molecule has 7 heteroatoms. The second kappa shape index (κ2) is 10.0. The molecule has 3 aromatic carbocycles. The minimum Gasteiger partial charge on any atom is -0.354 e. The second-order valence-electron chi connectivity index (χ2n) is 8.44. The molecule has 0 bridgehead atoms. The van der Waals surface area contributed by atoms with Gasteiger partial charge in [0.05, 0.1) is 5.69 Å². The zero-order valence-corrected chi connectivity index (χ0v) is 19.4. The number of benzene rings is 3. The number of hydrogen-bond acceptors (Lipinski definition) is 3. The van der Waals surface area contributed by atoms with Gasteiger partial charge in [0.2, 0.25) is 11.8 Å². The van der Waals surface area contributed by atoms with E-state index in [1.807, 2.05) is 44.2 Å². The summed E-state index contributed by atoms with van der Waals surface area (Å²) >= 11 is 0. The topological polar surface area (TPSA) is 69.7 Å². The Balaban J connectivity index is 1.64. The maximum Gasteiger partial charge on any atom is 0.259 e. The van der Waals surface area contributed by atoms with Gasteiger partial charge < -0.3 is 10.2 Å². The van der Waals surface area contributed by atoms with Crippen molar-refractivity contribution in [3.63, 3.8) is 0 Å². The summed E-state index contributed by atoms with van der Waals surface area (Å²) in [7, 11) is 0. The van der Waals surface area contributed by atoms with E-state index in [4.69, 9.17) is 0 Å². The Bertz CT molecular complexity index is 1220. The first-order valence-electron chi connectivity index (χ1n) is 11.6. The van der Waals surface area contributed by atoms with Gasteiger partial charge >= 0.3 is 0 Å². The van der Waals surface area contributed by atoms with Crippen molar-refractivity contribution < 1.29 is 18.8 Å².